The first-order chi connectivity index (χ1) is 8.78. The number of nitrogens with one attached hydrogen (secondary N) is 1. The van der Waals surface area contributed by atoms with Gasteiger partial charge >= 0.3 is 6.09 Å². The van der Waals surface area contributed by atoms with Crippen LogP contribution in [-0.2, 0) is 9.53 Å². The Morgan fingerprint density at radius 1 is 1.21 bits per heavy atom. The first-order valence-corrected chi connectivity index (χ1v) is 6.67. The van der Waals surface area contributed by atoms with Gasteiger partial charge in [0.2, 0.25) is 0 Å². The first-order valence-electron chi connectivity index (χ1n) is 6.67. The average molecular weight is 269 g/mol. The lowest BCUT2D eigenvalue weighted by Crippen LogP contribution is -2.61. The van der Waals surface area contributed by atoms with Crippen LogP contribution < -0.4 is 10.4 Å². The molecule has 2 atom stereocenters. The summed E-state index contributed by atoms with van der Waals surface area (Å²) < 4.78 is 5.34. The molecule has 1 N–H and O–H groups in total. The lowest BCUT2D eigenvalue weighted by Gasteiger charge is -2.47. The molecule has 6 nitrogen and oxygen atoms in total. The molecule has 2 unspecified atom stereocenters. The predicted molar refractivity (Wildman–Crippen MR) is 66.2 cm³/mol. The number of likely N-dealkylation sites (tertiary alicyclic amines) is 1. The van der Waals surface area contributed by atoms with Gasteiger partial charge in [0.15, 0.2) is 0 Å². The van der Waals surface area contributed by atoms with Crippen LogP contribution in [0.15, 0.2) is 0 Å². The van der Waals surface area contributed by atoms with Crippen molar-refractivity contribution < 1.29 is 19.4 Å². The molecular weight excluding hydrogens is 248 g/mol. The second-order valence-electron chi connectivity index (χ2n) is 6.41. The third-order valence-electron chi connectivity index (χ3n) is 3.66. The van der Waals surface area contributed by atoms with Gasteiger partial charge in [0.25, 0.3) is 0 Å². The molecule has 0 aromatic rings. The van der Waals surface area contributed by atoms with E-state index < -0.39 is 17.5 Å². The van der Waals surface area contributed by atoms with Crippen LogP contribution in [-0.4, -0.2) is 48.7 Å². The molecule has 2 fully saturated rings. The van der Waals surface area contributed by atoms with Gasteiger partial charge in [0, 0.05) is 38.1 Å². The summed E-state index contributed by atoms with van der Waals surface area (Å²) in [7, 11) is 0. The summed E-state index contributed by atoms with van der Waals surface area (Å²) in [5.74, 6) is -1.64. The van der Waals surface area contributed by atoms with Crippen LogP contribution >= 0.6 is 0 Å². The molecular formula is C13H21N2O4-. The van der Waals surface area contributed by atoms with Crippen molar-refractivity contribution >= 4 is 12.1 Å². The van der Waals surface area contributed by atoms with E-state index in [1.807, 2.05) is 20.8 Å². The molecule has 2 bridgehead atoms. The van der Waals surface area contributed by atoms with Crippen LogP contribution in [0.4, 0.5) is 4.79 Å². The number of aliphatic carboxylic acids is 1. The van der Waals surface area contributed by atoms with Crippen molar-refractivity contribution in [1.82, 2.24) is 10.2 Å². The Morgan fingerprint density at radius 3 is 2.16 bits per heavy atom. The number of ether oxygens (including phenoxy) is 1. The van der Waals surface area contributed by atoms with Crippen LogP contribution in [0.5, 0.6) is 0 Å². The van der Waals surface area contributed by atoms with E-state index in [0.717, 1.165) is 0 Å². The van der Waals surface area contributed by atoms with Crippen LogP contribution in [0.3, 0.4) is 0 Å². The monoisotopic (exact) mass is 269 g/mol. The van der Waals surface area contributed by atoms with E-state index in [0.29, 0.717) is 26.2 Å². The number of fused-ring (bicyclic) bond motifs is 2. The number of carbonyl (C=O) groups excluding carboxylic acids is 2. The third-order valence-corrected chi connectivity index (χ3v) is 3.66. The van der Waals surface area contributed by atoms with E-state index in [9.17, 15) is 14.7 Å². The highest BCUT2D eigenvalue weighted by molar-refractivity contribution is 5.71. The Labute approximate surface area is 113 Å². The highest BCUT2D eigenvalue weighted by Crippen LogP contribution is 2.31. The molecule has 2 saturated heterocycles. The SMILES string of the molecule is CC(C)(C)OC(=O)N1CC2CNCC(C1)C2C(=O)[O-]. The molecule has 0 spiro atoms. The number of hydrogen-bond acceptors (Lipinski definition) is 5. The number of rotatable bonds is 1. The molecule has 1 amide bonds. The molecule has 2 aliphatic heterocycles. The van der Waals surface area contributed by atoms with Crippen molar-refractivity contribution in [2.45, 2.75) is 26.4 Å². The van der Waals surface area contributed by atoms with Crippen LogP contribution in [0.1, 0.15) is 20.8 Å². The molecule has 0 radical (unpaired) electrons. The summed E-state index contributed by atoms with van der Waals surface area (Å²) in [5.41, 5.74) is -0.532. The molecule has 6 heteroatoms. The lowest BCUT2D eigenvalue weighted by molar-refractivity contribution is -0.317. The molecule has 0 aromatic carbocycles. The van der Waals surface area contributed by atoms with Gasteiger partial charge < -0.3 is 24.9 Å². The van der Waals surface area contributed by atoms with Gasteiger partial charge in [0.1, 0.15) is 5.60 Å². The van der Waals surface area contributed by atoms with Crippen LogP contribution in [0, 0.1) is 17.8 Å². The fraction of sp³-hybridized carbons (Fsp3) is 0.846. The van der Waals surface area contributed by atoms with E-state index in [2.05, 4.69) is 5.32 Å². The Kier molecular flexibility index (Phi) is 3.71. The lowest BCUT2D eigenvalue weighted by atomic mass is 9.75. The van der Waals surface area contributed by atoms with Gasteiger partial charge in [0.05, 0.1) is 0 Å². The molecule has 0 aliphatic carbocycles. The summed E-state index contributed by atoms with van der Waals surface area (Å²) in [6.45, 7) is 7.50. The van der Waals surface area contributed by atoms with Gasteiger partial charge in [-0.1, -0.05) is 0 Å². The molecule has 0 saturated carbocycles. The zero-order chi connectivity index (χ0) is 14.2. The molecule has 2 aliphatic rings. The summed E-state index contributed by atoms with van der Waals surface area (Å²) >= 11 is 0. The van der Waals surface area contributed by atoms with E-state index in [1.54, 1.807) is 4.90 Å². The van der Waals surface area contributed by atoms with Crippen molar-refractivity contribution in [1.29, 1.82) is 0 Å². The van der Waals surface area contributed by atoms with Crippen molar-refractivity contribution in [2.24, 2.45) is 17.8 Å². The minimum atomic E-state index is -1.000. The smallest absolute Gasteiger partial charge is 0.410 e. The van der Waals surface area contributed by atoms with Gasteiger partial charge in [-0.3, -0.25) is 0 Å². The normalized spacial score (nSPS) is 30.9. The summed E-state index contributed by atoms with van der Waals surface area (Å²) in [6.07, 6.45) is -0.360. The molecule has 108 valence electrons. The summed E-state index contributed by atoms with van der Waals surface area (Å²) in [5, 5.41) is 14.4. The van der Waals surface area contributed by atoms with Crippen molar-refractivity contribution in [3.05, 3.63) is 0 Å². The van der Waals surface area contributed by atoms with Crippen molar-refractivity contribution in [3.8, 4) is 0 Å². The molecule has 2 heterocycles. The highest BCUT2D eigenvalue weighted by Gasteiger charge is 2.42. The Morgan fingerprint density at radius 2 is 1.74 bits per heavy atom. The minimum Gasteiger partial charge on any atom is -0.550 e. The number of carbonyl (C=O) groups is 2. The average Bonchev–Trinajstić information content (AvgIpc) is 2.24. The third kappa shape index (κ3) is 3.18. The van der Waals surface area contributed by atoms with E-state index in [4.69, 9.17) is 4.74 Å². The van der Waals surface area contributed by atoms with Gasteiger partial charge in [-0.25, -0.2) is 4.79 Å². The zero-order valence-corrected chi connectivity index (χ0v) is 11.6. The molecule has 19 heavy (non-hydrogen) atoms. The largest absolute Gasteiger partial charge is 0.550 e. The standard InChI is InChI=1S/C13H22N2O4/c1-13(2,3)19-12(18)15-6-8-4-14-5-9(7-15)10(8)11(16)17/h8-10,14H,4-7H2,1-3H3,(H,16,17)/p-1. The van der Waals surface area contributed by atoms with Crippen LogP contribution in [0.25, 0.3) is 0 Å². The quantitative estimate of drug-likeness (QED) is 0.690. The van der Waals surface area contributed by atoms with E-state index in [1.165, 1.54) is 0 Å². The maximum absolute atomic E-state index is 12.0. The predicted octanol–water partition coefficient (Wildman–Crippen LogP) is -0.561. The topological polar surface area (TPSA) is 81.7 Å². The fourth-order valence-corrected chi connectivity index (χ4v) is 2.95. The Bertz CT molecular complexity index is 363. The molecule has 2 rings (SSSR count). The number of piperidine rings is 2. The van der Waals surface area contributed by atoms with E-state index >= 15 is 0 Å². The van der Waals surface area contributed by atoms with E-state index in [-0.39, 0.29) is 17.9 Å². The van der Waals surface area contributed by atoms with Gasteiger partial charge in [-0.15, -0.1) is 0 Å². The number of hydrogen-bond donors (Lipinski definition) is 1. The van der Waals surface area contributed by atoms with Gasteiger partial charge in [-0.2, -0.15) is 0 Å². The van der Waals surface area contributed by atoms with Crippen molar-refractivity contribution in [2.75, 3.05) is 26.2 Å². The maximum atomic E-state index is 12.0. The maximum Gasteiger partial charge on any atom is 0.410 e. The van der Waals surface area contributed by atoms with Crippen LogP contribution in [0.2, 0.25) is 0 Å². The number of nitrogens with zero attached hydrogens (tertiary/aromatic N) is 1. The fourth-order valence-electron chi connectivity index (χ4n) is 2.95. The number of carboxylic acids is 1. The highest BCUT2D eigenvalue weighted by atomic mass is 16.6. The second kappa shape index (κ2) is 5.00. The Balaban J connectivity index is 2.05. The molecule has 0 aromatic heterocycles. The summed E-state index contributed by atoms with van der Waals surface area (Å²) in [4.78, 5) is 24.9. The van der Waals surface area contributed by atoms with Gasteiger partial charge in [-0.05, 0) is 32.6 Å². The summed E-state index contributed by atoms with van der Waals surface area (Å²) in [6, 6.07) is 0. The number of carboxylic acid groups (broad SMARTS) is 1. The number of amides is 1. The Hall–Kier alpha value is -1.30. The van der Waals surface area contributed by atoms with Crippen molar-refractivity contribution in [3.63, 3.8) is 0 Å². The second-order valence-corrected chi connectivity index (χ2v) is 6.41. The first kappa shape index (κ1) is 14.1. The minimum absolute atomic E-state index is 0.0926. The zero-order valence-electron chi connectivity index (χ0n) is 11.6.